The normalized spacial score (nSPS) is 13.4. The summed E-state index contributed by atoms with van der Waals surface area (Å²) in [7, 11) is 1.95. The van der Waals surface area contributed by atoms with Crippen LogP contribution in [-0.2, 0) is 34.3 Å². The van der Waals surface area contributed by atoms with Crippen molar-refractivity contribution in [2.45, 2.75) is 64.0 Å². The average Bonchev–Trinajstić information content (AvgIpc) is 3.60. The molecule has 12 nitrogen and oxygen atoms in total. The molecular formula is C42H55N7O5. The molecule has 4 N–H and O–H groups in total. The minimum absolute atomic E-state index is 0.0253. The molecular weight excluding hydrogens is 683 g/mol. The molecule has 0 bridgehead atoms. The molecule has 0 radical (unpaired) electrons. The van der Waals surface area contributed by atoms with E-state index in [2.05, 4.69) is 30.7 Å². The van der Waals surface area contributed by atoms with Gasteiger partial charge in [-0.15, -0.1) is 0 Å². The Morgan fingerprint density at radius 2 is 1.57 bits per heavy atom. The van der Waals surface area contributed by atoms with Crippen molar-refractivity contribution in [3.05, 3.63) is 103 Å². The smallest absolute Gasteiger partial charge is 0.411 e. The minimum Gasteiger partial charge on any atom is -0.508 e. The molecule has 0 saturated carbocycles. The number of amides is 3. The van der Waals surface area contributed by atoms with Gasteiger partial charge in [-0.3, -0.25) is 19.8 Å². The third-order valence-corrected chi connectivity index (χ3v) is 9.80. The van der Waals surface area contributed by atoms with E-state index in [1.165, 1.54) is 0 Å². The first-order chi connectivity index (χ1) is 26.3. The van der Waals surface area contributed by atoms with Gasteiger partial charge in [-0.1, -0.05) is 67.1 Å². The number of likely N-dealkylation sites (tertiary alicyclic amines) is 1. The lowest BCUT2D eigenvalue weighted by atomic mass is 10.0. The predicted octanol–water partition coefficient (Wildman–Crippen LogP) is 5.73. The maximum absolute atomic E-state index is 12.7. The van der Waals surface area contributed by atoms with Gasteiger partial charge in [0.05, 0.1) is 12.0 Å². The summed E-state index contributed by atoms with van der Waals surface area (Å²) in [5, 5.41) is 18.7. The minimum atomic E-state index is -0.447. The Kier molecular flexibility index (Phi) is 15.9. The number of ether oxygens (including phenoxy) is 1. The Hall–Kier alpha value is -5.20. The van der Waals surface area contributed by atoms with Gasteiger partial charge in [0.15, 0.2) is 0 Å². The Balaban J connectivity index is 0.927. The van der Waals surface area contributed by atoms with Gasteiger partial charge in [0.25, 0.3) is 0 Å². The van der Waals surface area contributed by atoms with Gasteiger partial charge in [0.1, 0.15) is 11.9 Å². The Morgan fingerprint density at radius 1 is 0.852 bits per heavy atom. The number of para-hydroxylation sites is 1. The topological polar surface area (TPSA) is 141 Å². The molecule has 54 heavy (non-hydrogen) atoms. The number of anilines is 1. The maximum atomic E-state index is 12.7. The molecule has 3 amide bonds. The van der Waals surface area contributed by atoms with Crippen LogP contribution in [0.25, 0.3) is 11.1 Å². The van der Waals surface area contributed by atoms with Crippen LogP contribution in [0.5, 0.6) is 5.75 Å². The number of nitrogens with zero attached hydrogens (tertiary/aromatic N) is 4. The zero-order chi connectivity index (χ0) is 38.0. The Bertz CT molecular complexity index is 1740. The van der Waals surface area contributed by atoms with E-state index in [-0.39, 0.29) is 23.7 Å². The third-order valence-electron chi connectivity index (χ3n) is 9.80. The predicted molar refractivity (Wildman–Crippen MR) is 211 cm³/mol. The summed E-state index contributed by atoms with van der Waals surface area (Å²) >= 11 is 0. The number of unbranched alkanes of at least 4 members (excludes halogenated alkanes) is 2. The number of phenolic OH excluding ortho intramolecular Hbond substituents is 1. The molecule has 3 aromatic carbocycles. The molecule has 0 spiro atoms. The molecule has 1 saturated heterocycles. The molecule has 1 aliphatic rings. The van der Waals surface area contributed by atoms with E-state index in [1.807, 2.05) is 84.5 Å². The van der Waals surface area contributed by atoms with Gasteiger partial charge in [0, 0.05) is 89.6 Å². The maximum Gasteiger partial charge on any atom is 0.411 e. The number of nitrogens with one attached hydrogen (secondary N) is 3. The fourth-order valence-electron chi connectivity index (χ4n) is 6.65. The van der Waals surface area contributed by atoms with Gasteiger partial charge in [-0.25, -0.2) is 9.78 Å². The number of hydrogen-bond acceptors (Lipinski definition) is 8. The second kappa shape index (κ2) is 21.5. The van der Waals surface area contributed by atoms with Crippen LogP contribution >= 0.6 is 0 Å². The monoisotopic (exact) mass is 737 g/mol. The van der Waals surface area contributed by atoms with Crippen molar-refractivity contribution in [1.82, 2.24) is 30.0 Å². The number of rotatable bonds is 20. The highest BCUT2D eigenvalue weighted by atomic mass is 16.6. The summed E-state index contributed by atoms with van der Waals surface area (Å²) in [5.41, 5.74) is 4.85. The van der Waals surface area contributed by atoms with E-state index >= 15 is 0 Å². The van der Waals surface area contributed by atoms with Gasteiger partial charge < -0.3 is 29.9 Å². The Labute approximate surface area is 318 Å². The number of imidazole rings is 1. The van der Waals surface area contributed by atoms with Gasteiger partial charge in [-0.2, -0.15) is 0 Å². The fourth-order valence-corrected chi connectivity index (χ4v) is 6.65. The second-order valence-corrected chi connectivity index (χ2v) is 13.9. The van der Waals surface area contributed by atoms with Crippen LogP contribution in [0.4, 0.5) is 10.5 Å². The number of carbonyl (C=O) groups excluding carboxylic acids is 3. The van der Waals surface area contributed by atoms with Crippen molar-refractivity contribution >= 4 is 23.6 Å². The summed E-state index contributed by atoms with van der Waals surface area (Å²) in [6.45, 7) is 5.60. The first-order valence-electron chi connectivity index (χ1n) is 19.2. The molecule has 0 aliphatic carbocycles. The lowest BCUT2D eigenvalue weighted by Crippen LogP contribution is -2.40. The summed E-state index contributed by atoms with van der Waals surface area (Å²) < 4.78 is 7.71. The van der Waals surface area contributed by atoms with E-state index < -0.39 is 6.09 Å². The van der Waals surface area contributed by atoms with E-state index in [0.29, 0.717) is 45.6 Å². The largest absolute Gasteiger partial charge is 0.508 e. The summed E-state index contributed by atoms with van der Waals surface area (Å²) in [5.74, 6) is 0.309. The molecule has 4 aromatic rings. The van der Waals surface area contributed by atoms with Crippen LogP contribution in [0.1, 0.15) is 56.2 Å². The SMILES string of the molecule is Cn1cncc1CCNC(=O)CCN(CCCCCNC(=O)CCN1CCC(OC(=O)Nc2ccccc2-c2ccccc2)CC1)Cc1ccc(O)cc1. The summed E-state index contributed by atoms with van der Waals surface area (Å²) in [6, 6.07) is 24.8. The van der Waals surface area contributed by atoms with Crippen molar-refractivity contribution in [2.75, 3.05) is 51.1 Å². The highest BCUT2D eigenvalue weighted by Gasteiger charge is 2.23. The van der Waals surface area contributed by atoms with Crippen LogP contribution in [-0.4, -0.2) is 94.3 Å². The van der Waals surface area contributed by atoms with Crippen molar-refractivity contribution in [3.8, 4) is 16.9 Å². The van der Waals surface area contributed by atoms with Gasteiger partial charge in [0.2, 0.25) is 11.8 Å². The van der Waals surface area contributed by atoms with E-state index in [9.17, 15) is 19.5 Å². The molecule has 288 valence electrons. The van der Waals surface area contributed by atoms with Crippen molar-refractivity contribution in [2.24, 2.45) is 7.05 Å². The molecule has 1 aliphatic heterocycles. The third kappa shape index (κ3) is 13.7. The highest BCUT2D eigenvalue weighted by molar-refractivity contribution is 5.91. The van der Waals surface area contributed by atoms with Crippen molar-refractivity contribution < 1.29 is 24.2 Å². The second-order valence-electron chi connectivity index (χ2n) is 13.9. The summed E-state index contributed by atoms with van der Waals surface area (Å²) in [4.78, 5) is 46.6. The number of piperidine rings is 1. The average molecular weight is 738 g/mol. The van der Waals surface area contributed by atoms with Crippen LogP contribution in [0.2, 0.25) is 0 Å². The fraction of sp³-hybridized carbons (Fsp3) is 0.429. The lowest BCUT2D eigenvalue weighted by molar-refractivity contribution is -0.122. The number of hydrogen-bond donors (Lipinski definition) is 4. The van der Waals surface area contributed by atoms with E-state index in [1.54, 1.807) is 18.5 Å². The van der Waals surface area contributed by atoms with Gasteiger partial charge >= 0.3 is 6.09 Å². The van der Waals surface area contributed by atoms with Crippen molar-refractivity contribution in [1.29, 1.82) is 0 Å². The number of carbonyl (C=O) groups is 3. The van der Waals surface area contributed by atoms with Crippen molar-refractivity contribution in [3.63, 3.8) is 0 Å². The van der Waals surface area contributed by atoms with Crippen LogP contribution < -0.4 is 16.0 Å². The number of aromatic hydroxyl groups is 1. The zero-order valence-electron chi connectivity index (χ0n) is 31.4. The number of benzene rings is 3. The van der Waals surface area contributed by atoms with Gasteiger partial charge in [-0.05, 0) is 61.6 Å². The highest BCUT2D eigenvalue weighted by Crippen LogP contribution is 2.28. The molecule has 12 heteroatoms. The standard InChI is InChI=1S/C42H55N7O5/c1-47-32-43-30-35(47)18-24-45-41(52)22-29-49(31-33-14-16-36(50)17-15-33)25-9-3-8-23-44-40(51)21-28-48-26-19-37(20-27-48)54-42(53)46-39-13-7-6-12-38(39)34-10-4-2-5-11-34/h2,4-7,10-17,30,32,37,50H,3,8-9,18-29,31H2,1H3,(H,44,51)(H,45,52)(H,46,53). The number of phenols is 1. The molecule has 2 heterocycles. The molecule has 5 rings (SSSR count). The number of aromatic nitrogens is 2. The molecule has 1 aromatic heterocycles. The Morgan fingerprint density at radius 3 is 2.33 bits per heavy atom. The number of aryl methyl sites for hydroxylation is 1. The lowest BCUT2D eigenvalue weighted by Gasteiger charge is -2.31. The molecule has 0 unspecified atom stereocenters. The van der Waals surface area contributed by atoms with Crippen LogP contribution in [0.15, 0.2) is 91.4 Å². The summed E-state index contributed by atoms with van der Waals surface area (Å²) in [6.07, 6.45) is 8.81. The zero-order valence-corrected chi connectivity index (χ0v) is 31.4. The van der Waals surface area contributed by atoms with E-state index in [4.69, 9.17) is 4.74 Å². The van der Waals surface area contributed by atoms with Crippen LogP contribution in [0, 0.1) is 0 Å². The molecule has 1 fully saturated rings. The van der Waals surface area contributed by atoms with Crippen LogP contribution in [0.3, 0.4) is 0 Å². The molecule has 0 atom stereocenters. The quantitative estimate of drug-likeness (QED) is 0.0844. The van der Waals surface area contributed by atoms with E-state index in [0.717, 1.165) is 86.2 Å². The first-order valence-corrected chi connectivity index (χ1v) is 19.2. The first kappa shape index (κ1) is 40.0.